The van der Waals surface area contributed by atoms with Gasteiger partial charge in [-0.2, -0.15) is 4.31 Å². The minimum Gasteiger partial charge on any atom is -0.494 e. The number of benzene rings is 2. The molecule has 0 spiro atoms. The van der Waals surface area contributed by atoms with Crippen molar-refractivity contribution in [1.82, 2.24) is 9.29 Å². The number of anilines is 1. The van der Waals surface area contributed by atoms with Gasteiger partial charge < -0.3 is 4.74 Å². The number of piperidine rings is 1. The molecule has 0 saturated carbocycles. The number of methoxy groups -OCH3 is 1. The standard InChI is InChI=1S/C25H23Cl2N3O4S3/c1-34-19-8-7-18(26)23-22(19)28-25(36-23)30(15-16-5-3-2-4-6-16)24(31)17-11-13-29(14-12-17)37(32,33)21-10-9-20(27)35-21/h2-10,17H,11-15H2,1H3. The molecular formula is C25H23Cl2N3O4S3. The quantitative estimate of drug-likeness (QED) is 0.250. The van der Waals surface area contributed by atoms with Crippen LogP contribution in [0, 0.1) is 5.92 Å². The maximum Gasteiger partial charge on any atom is 0.252 e. The van der Waals surface area contributed by atoms with Crippen LogP contribution in [0.5, 0.6) is 5.75 Å². The molecule has 1 fully saturated rings. The molecule has 0 unspecified atom stereocenters. The first-order chi connectivity index (χ1) is 17.8. The van der Waals surface area contributed by atoms with Gasteiger partial charge in [0.05, 0.1) is 27.7 Å². The van der Waals surface area contributed by atoms with Gasteiger partial charge in [-0.05, 0) is 42.7 Å². The highest BCUT2D eigenvalue weighted by molar-refractivity contribution is 7.91. The van der Waals surface area contributed by atoms with E-state index < -0.39 is 10.0 Å². The number of sulfonamides is 1. The van der Waals surface area contributed by atoms with Crippen LogP contribution in [-0.4, -0.2) is 43.8 Å². The number of ether oxygens (including phenoxy) is 1. The summed E-state index contributed by atoms with van der Waals surface area (Å²) >= 11 is 14.8. The normalized spacial score (nSPS) is 15.2. The molecule has 2 aromatic heterocycles. The van der Waals surface area contributed by atoms with Crippen LogP contribution in [0.3, 0.4) is 0 Å². The lowest BCUT2D eigenvalue weighted by Crippen LogP contribution is -2.44. The van der Waals surface area contributed by atoms with Crippen LogP contribution < -0.4 is 9.64 Å². The SMILES string of the molecule is COc1ccc(Cl)c2sc(N(Cc3ccccc3)C(=O)C3CCN(S(=O)(=O)c4ccc(Cl)s4)CC3)nc12. The van der Waals surface area contributed by atoms with E-state index in [9.17, 15) is 13.2 Å². The minimum atomic E-state index is -3.64. The number of carbonyl (C=O) groups is 1. The van der Waals surface area contributed by atoms with Crippen LogP contribution in [0.15, 0.2) is 58.8 Å². The molecule has 37 heavy (non-hydrogen) atoms. The van der Waals surface area contributed by atoms with Gasteiger partial charge in [-0.3, -0.25) is 9.69 Å². The Balaban J connectivity index is 1.41. The third kappa shape index (κ3) is 5.36. The Morgan fingerprint density at radius 3 is 2.46 bits per heavy atom. The summed E-state index contributed by atoms with van der Waals surface area (Å²) in [6.45, 7) is 0.853. The number of nitrogens with zero attached hydrogens (tertiary/aromatic N) is 3. The molecule has 0 atom stereocenters. The van der Waals surface area contributed by atoms with Crippen LogP contribution in [0.4, 0.5) is 5.13 Å². The summed E-state index contributed by atoms with van der Waals surface area (Å²) in [5.74, 6) is 0.155. The van der Waals surface area contributed by atoms with Crippen molar-refractivity contribution in [2.45, 2.75) is 23.6 Å². The molecule has 1 aliphatic heterocycles. The van der Waals surface area contributed by atoms with Gasteiger partial charge in [0, 0.05) is 19.0 Å². The molecule has 1 aliphatic rings. The van der Waals surface area contributed by atoms with Crippen LogP contribution >= 0.6 is 45.9 Å². The Kier molecular flexibility index (Phi) is 7.76. The zero-order valence-corrected chi connectivity index (χ0v) is 23.7. The van der Waals surface area contributed by atoms with Crippen molar-refractivity contribution < 1.29 is 17.9 Å². The number of rotatable bonds is 7. The van der Waals surface area contributed by atoms with Crippen molar-refractivity contribution in [3.63, 3.8) is 0 Å². The van der Waals surface area contributed by atoms with E-state index in [1.165, 1.54) is 21.7 Å². The van der Waals surface area contributed by atoms with E-state index in [1.54, 1.807) is 30.2 Å². The second kappa shape index (κ2) is 10.9. The Bertz CT molecular complexity index is 1530. The Morgan fingerprint density at radius 2 is 1.81 bits per heavy atom. The predicted octanol–water partition coefficient (Wildman–Crippen LogP) is 6.31. The number of fused-ring (bicyclic) bond motifs is 1. The number of thiazole rings is 1. The molecule has 0 radical (unpaired) electrons. The third-order valence-corrected chi connectivity index (χ3v) is 11.4. The molecule has 12 heteroatoms. The lowest BCUT2D eigenvalue weighted by atomic mass is 9.96. The van der Waals surface area contributed by atoms with Gasteiger partial charge in [-0.1, -0.05) is 64.9 Å². The molecule has 0 N–H and O–H groups in total. The summed E-state index contributed by atoms with van der Waals surface area (Å²) in [4.78, 5) is 20.3. The summed E-state index contributed by atoms with van der Waals surface area (Å²) < 4.78 is 34.3. The molecule has 0 bridgehead atoms. The van der Waals surface area contributed by atoms with Crippen molar-refractivity contribution in [2.75, 3.05) is 25.1 Å². The van der Waals surface area contributed by atoms with Crippen molar-refractivity contribution in [3.8, 4) is 5.75 Å². The maximum absolute atomic E-state index is 13.9. The third-order valence-electron chi connectivity index (χ3n) is 6.29. The first kappa shape index (κ1) is 26.4. The molecule has 1 saturated heterocycles. The Labute approximate surface area is 233 Å². The van der Waals surface area contributed by atoms with E-state index in [0.29, 0.717) is 45.1 Å². The molecule has 1 amide bonds. The summed E-state index contributed by atoms with van der Waals surface area (Å²) in [5.41, 5.74) is 1.57. The maximum atomic E-state index is 13.9. The van der Waals surface area contributed by atoms with Crippen LogP contribution in [-0.2, 0) is 21.4 Å². The largest absolute Gasteiger partial charge is 0.494 e. The van der Waals surface area contributed by atoms with Crippen LogP contribution in [0.25, 0.3) is 10.2 Å². The van der Waals surface area contributed by atoms with Gasteiger partial charge in [0.15, 0.2) is 5.13 Å². The molecule has 0 aliphatic carbocycles. The number of halogens is 2. The fourth-order valence-electron chi connectivity index (χ4n) is 4.35. The summed E-state index contributed by atoms with van der Waals surface area (Å²) in [7, 11) is -2.07. The van der Waals surface area contributed by atoms with Gasteiger partial charge in [0.1, 0.15) is 15.5 Å². The first-order valence-electron chi connectivity index (χ1n) is 11.5. The molecule has 2 aromatic carbocycles. The van der Waals surface area contributed by atoms with E-state index >= 15 is 0 Å². The zero-order valence-electron chi connectivity index (χ0n) is 19.8. The van der Waals surface area contributed by atoms with Gasteiger partial charge in [0.2, 0.25) is 5.91 Å². The van der Waals surface area contributed by atoms with Crippen molar-refractivity contribution >= 4 is 77.2 Å². The number of hydrogen-bond acceptors (Lipinski definition) is 7. The lowest BCUT2D eigenvalue weighted by molar-refractivity contribution is -0.123. The summed E-state index contributed by atoms with van der Waals surface area (Å²) in [6.07, 6.45) is 0.828. The first-order valence-corrected chi connectivity index (χ1v) is 15.3. The van der Waals surface area contributed by atoms with Gasteiger partial charge in [-0.15, -0.1) is 11.3 Å². The average Bonchev–Trinajstić information content (AvgIpc) is 3.56. The Morgan fingerprint density at radius 1 is 1.08 bits per heavy atom. The Hall–Kier alpha value is -2.21. The highest BCUT2D eigenvalue weighted by Gasteiger charge is 2.35. The summed E-state index contributed by atoms with van der Waals surface area (Å²) in [5, 5.41) is 1.07. The van der Waals surface area contributed by atoms with E-state index in [4.69, 9.17) is 32.9 Å². The molecule has 4 aromatic rings. The molecule has 194 valence electrons. The van der Waals surface area contributed by atoms with Crippen molar-refractivity contribution in [1.29, 1.82) is 0 Å². The molecule has 5 rings (SSSR count). The fraction of sp³-hybridized carbons (Fsp3) is 0.280. The molecule has 7 nitrogen and oxygen atoms in total. The lowest BCUT2D eigenvalue weighted by Gasteiger charge is -2.32. The average molecular weight is 597 g/mol. The predicted molar refractivity (Wildman–Crippen MR) is 150 cm³/mol. The van der Waals surface area contributed by atoms with Crippen LogP contribution in [0.2, 0.25) is 9.36 Å². The smallest absolute Gasteiger partial charge is 0.252 e. The van der Waals surface area contributed by atoms with Crippen molar-refractivity contribution in [3.05, 3.63) is 69.5 Å². The second-order valence-corrected chi connectivity index (χ2v) is 13.8. The topological polar surface area (TPSA) is 79.8 Å². The van der Waals surface area contributed by atoms with Gasteiger partial charge in [0.25, 0.3) is 10.0 Å². The van der Waals surface area contributed by atoms with E-state index in [0.717, 1.165) is 21.6 Å². The minimum absolute atomic E-state index is 0.0887. The molecule has 3 heterocycles. The monoisotopic (exact) mass is 595 g/mol. The van der Waals surface area contributed by atoms with Crippen molar-refractivity contribution in [2.24, 2.45) is 5.92 Å². The number of carbonyl (C=O) groups excluding carboxylic acids is 1. The van der Waals surface area contributed by atoms with E-state index in [-0.39, 0.29) is 29.1 Å². The van der Waals surface area contributed by atoms with Gasteiger partial charge >= 0.3 is 0 Å². The molecular weight excluding hydrogens is 573 g/mol. The highest BCUT2D eigenvalue weighted by Crippen LogP contribution is 2.40. The number of thiophene rings is 1. The summed E-state index contributed by atoms with van der Waals surface area (Å²) in [6, 6.07) is 16.3. The number of aromatic nitrogens is 1. The number of hydrogen-bond donors (Lipinski definition) is 0. The van der Waals surface area contributed by atoms with Crippen LogP contribution in [0.1, 0.15) is 18.4 Å². The van der Waals surface area contributed by atoms with E-state index in [2.05, 4.69) is 0 Å². The number of amides is 1. The fourth-order valence-corrected chi connectivity index (χ4v) is 8.72. The zero-order chi connectivity index (χ0) is 26.2. The second-order valence-electron chi connectivity index (χ2n) is 8.57. The highest BCUT2D eigenvalue weighted by atomic mass is 35.5. The van der Waals surface area contributed by atoms with Gasteiger partial charge in [-0.25, -0.2) is 13.4 Å². The van der Waals surface area contributed by atoms with E-state index in [1.807, 2.05) is 30.3 Å².